The highest BCUT2D eigenvalue weighted by Crippen LogP contribution is 2.19. The van der Waals surface area contributed by atoms with E-state index in [1.807, 2.05) is 6.92 Å². The second-order valence-corrected chi connectivity index (χ2v) is 5.14. The lowest BCUT2D eigenvalue weighted by molar-refractivity contribution is -0.120. The predicted octanol–water partition coefficient (Wildman–Crippen LogP) is 2.78. The summed E-state index contributed by atoms with van der Waals surface area (Å²) in [6, 6.07) is 0. The van der Waals surface area contributed by atoms with E-state index in [0.717, 1.165) is 13.0 Å². The summed E-state index contributed by atoms with van der Waals surface area (Å²) in [5.41, 5.74) is 1.51. The Kier molecular flexibility index (Phi) is 5.23. The average Bonchev–Trinajstić information content (AvgIpc) is 2.19. The van der Waals surface area contributed by atoms with Crippen LogP contribution >= 0.6 is 15.9 Å². The largest absolute Gasteiger partial charge is 0.355 e. The molecule has 0 spiro atoms. The van der Waals surface area contributed by atoms with Crippen molar-refractivity contribution in [3.8, 4) is 0 Å². The van der Waals surface area contributed by atoms with E-state index in [9.17, 15) is 4.79 Å². The molecule has 1 rings (SSSR count). The predicted molar refractivity (Wildman–Crippen MR) is 62.6 cm³/mol. The SMILES string of the molecule is C[C@H](Br)C(=O)NCCC1=CCCCC1. The van der Waals surface area contributed by atoms with E-state index in [2.05, 4.69) is 27.3 Å². The van der Waals surface area contributed by atoms with Gasteiger partial charge in [-0.15, -0.1) is 0 Å². The van der Waals surface area contributed by atoms with Crippen LogP contribution in [0.4, 0.5) is 0 Å². The van der Waals surface area contributed by atoms with Crippen molar-refractivity contribution in [1.82, 2.24) is 5.32 Å². The summed E-state index contributed by atoms with van der Waals surface area (Å²) >= 11 is 3.24. The van der Waals surface area contributed by atoms with Crippen LogP contribution in [0.1, 0.15) is 39.0 Å². The summed E-state index contributed by atoms with van der Waals surface area (Å²) in [5.74, 6) is 0.0846. The number of carbonyl (C=O) groups is 1. The first kappa shape index (κ1) is 11.8. The number of alkyl halides is 1. The third kappa shape index (κ3) is 4.27. The van der Waals surface area contributed by atoms with Crippen molar-refractivity contribution in [1.29, 1.82) is 0 Å². The van der Waals surface area contributed by atoms with Crippen LogP contribution in [0.25, 0.3) is 0 Å². The minimum atomic E-state index is -0.0807. The van der Waals surface area contributed by atoms with E-state index >= 15 is 0 Å². The molecular weight excluding hydrogens is 242 g/mol. The van der Waals surface area contributed by atoms with Crippen molar-refractivity contribution >= 4 is 21.8 Å². The molecule has 14 heavy (non-hydrogen) atoms. The molecule has 0 heterocycles. The first-order valence-electron chi connectivity index (χ1n) is 5.30. The van der Waals surface area contributed by atoms with Crippen LogP contribution in [-0.2, 0) is 4.79 Å². The van der Waals surface area contributed by atoms with Crippen LogP contribution in [0.2, 0.25) is 0 Å². The number of hydrogen-bond donors (Lipinski definition) is 1. The third-order valence-electron chi connectivity index (χ3n) is 2.49. The molecule has 2 nitrogen and oxygen atoms in total. The van der Waals surface area contributed by atoms with Gasteiger partial charge < -0.3 is 5.32 Å². The molecule has 0 aliphatic heterocycles. The molecule has 0 fully saturated rings. The summed E-state index contributed by atoms with van der Waals surface area (Å²) in [7, 11) is 0. The smallest absolute Gasteiger partial charge is 0.233 e. The molecule has 0 aromatic carbocycles. The van der Waals surface area contributed by atoms with E-state index in [4.69, 9.17) is 0 Å². The maximum absolute atomic E-state index is 11.2. The summed E-state index contributed by atoms with van der Waals surface area (Å²) in [5, 5.41) is 2.90. The molecular formula is C11H18BrNO. The lowest BCUT2D eigenvalue weighted by Gasteiger charge is -2.13. The molecule has 0 bridgehead atoms. The fourth-order valence-corrected chi connectivity index (χ4v) is 1.78. The Labute approximate surface area is 94.3 Å². The zero-order valence-corrected chi connectivity index (χ0v) is 10.3. The quantitative estimate of drug-likeness (QED) is 0.611. The Morgan fingerprint density at radius 1 is 1.64 bits per heavy atom. The second kappa shape index (κ2) is 6.23. The second-order valence-electron chi connectivity index (χ2n) is 3.77. The maximum atomic E-state index is 11.2. The van der Waals surface area contributed by atoms with Crippen molar-refractivity contribution in [2.45, 2.75) is 43.9 Å². The molecule has 0 aromatic rings. The average molecular weight is 260 g/mol. The number of halogens is 1. The molecule has 0 saturated carbocycles. The molecule has 1 aliphatic rings. The van der Waals surface area contributed by atoms with E-state index in [1.54, 1.807) is 0 Å². The van der Waals surface area contributed by atoms with Crippen LogP contribution in [0.15, 0.2) is 11.6 Å². The number of hydrogen-bond acceptors (Lipinski definition) is 1. The van der Waals surface area contributed by atoms with Crippen LogP contribution in [0.5, 0.6) is 0 Å². The standard InChI is InChI=1S/C11H18BrNO/c1-9(12)11(14)13-8-7-10-5-3-2-4-6-10/h5,9H,2-4,6-8H2,1H3,(H,13,14)/t9-/m0/s1. The van der Waals surface area contributed by atoms with Crippen molar-refractivity contribution in [2.24, 2.45) is 0 Å². The third-order valence-corrected chi connectivity index (χ3v) is 2.91. The summed E-state index contributed by atoms with van der Waals surface area (Å²) in [4.78, 5) is 11.1. The van der Waals surface area contributed by atoms with Crippen LogP contribution in [0.3, 0.4) is 0 Å². The first-order chi connectivity index (χ1) is 6.70. The maximum Gasteiger partial charge on any atom is 0.233 e. The van der Waals surface area contributed by atoms with Crippen LogP contribution in [0, 0.1) is 0 Å². The zero-order chi connectivity index (χ0) is 10.4. The number of nitrogens with one attached hydrogen (secondary N) is 1. The van der Waals surface area contributed by atoms with Crippen LogP contribution in [-0.4, -0.2) is 17.3 Å². The van der Waals surface area contributed by atoms with Gasteiger partial charge in [0.1, 0.15) is 0 Å². The molecule has 1 aliphatic carbocycles. The topological polar surface area (TPSA) is 29.1 Å². The highest BCUT2D eigenvalue weighted by Gasteiger charge is 2.08. The summed E-state index contributed by atoms with van der Waals surface area (Å²) < 4.78 is 0. The van der Waals surface area contributed by atoms with Gasteiger partial charge in [-0.2, -0.15) is 0 Å². The molecule has 0 radical (unpaired) electrons. The minimum absolute atomic E-state index is 0.0807. The lowest BCUT2D eigenvalue weighted by atomic mass is 9.97. The molecule has 1 N–H and O–H groups in total. The Hall–Kier alpha value is -0.310. The van der Waals surface area contributed by atoms with Gasteiger partial charge in [-0.3, -0.25) is 4.79 Å². The molecule has 3 heteroatoms. The van der Waals surface area contributed by atoms with Gasteiger partial charge >= 0.3 is 0 Å². The molecule has 1 atom stereocenters. The summed E-state index contributed by atoms with van der Waals surface area (Å²) in [6.07, 6.45) is 8.43. The Morgan fingerprint density at radius 2 is 2.43 bits per heavy atom. The van der Waals surface area contributed by atoms with Crippen molar-refractivity contribution in [3.05, 3.63) is 11.6 Å². The zero-order valence-electron chi connectivity index (χ0n) is 8.68. The Balaban J connectivity index is 2.14. The van der Waals surface area contributed by atoms with Crippen molar-refractivity contribution in [3.63, 3.8) is 0 Å². The van der Waals surface area contributed by atoms with Gasteiger partial charge in [-0.25, -0.2) is 0 Å². The molecule has 0 unspecified atom stereocenters. The van der Waals surface area contributed by atoms with E-state index in [0.29, 0.717) is 0 Å². The van der Waals surface area contributed by atoms with Gasteiger partial charge in [0.15, 0.2) is 0 Å². The van der Waals surface area contributed by atoms with Gasteiger partial charge in [0.2, 0.25) is 5.91 Å². The molecule has 80 valence electrons. The Morgan fingerprint density at radius 3 is 3.00 bits per heavy atom. The minimum Gasteiger partial charge on any atom is -0.355 e. The number of rotatable bonds is 4. The first-order valence-corrected chi connectivity index (χ1v) is 6.21. The van der Waals surface area contributed by atoms with Crippen molar-refractivity contribution in [2.75, 3.05) is 6.54 Å². The molecule has 0 saturated heterocycles. The van der Waals surface area contributed by atoms with Gasteiger partial charge in [0, 0.05) is 6.54 Å². The van der Waals surface area contributed by atoms with Gasteiger partial charge in [-0.1, -0.05) is 27.6 Å². The fraction of sp³-hybridized carbons (Fsp3) is 0.727. The van der Waals surface area contributed by atoms with Crippen molar-refractivity contribution < 1.29 is 4.79 Å². The summed E-state index contributed by atoms with van der Waals surface area (Å²) in [6.45, 7) is 2.62. The van der Waals surface area contributed by atoms with E-state index in [-0.39, 0.29) is 10.7 Å². The van der Waals surface area contributed by atoms with E-state index in [1.165, 1.54) is 31.3 Å². The number of allylic oxidation sites excluding steroid dienone is 1. The number of carbonyl (C=O) groups excluding carboxylic acids is 1. The normalized spacial score (nSPS) is 18.6. The monoisotopic (exact) mass is 259 g/mol. The van der Waals surface area contributed by atoms with Gasteiger partial charge in [-0.05, 0) is 39.0 Å². The fourth-order valence-electron chi connectivity index (χ4n) is 1.62. The lowest BCUT2D eigenvalue weighted by Crippen LogP contribution is -2.30. The van der Waals surface area contributed by atoms with E-state index < -0.39 is 0 Å². The van der Waals surface area contributed by atoms with Crippen LogP contribution < -0.4 is 5.32 Å². The van der Waals surface area contributed by atoms with Gasteiger partial charge in [0.05, 0.1) is 4.83 Å². The van der Waals surface area contributed by atoms with Gasteiger partial charge in [0.25, 0.3) is 0 Å². The highest BCUT2D eigenvalue weighted by atomic mass is 79.9. The molecule has 1 amide bonds. The highest BCUT2D eigenvalue weighted by molar-refractivity contribution is 9.10. The molecule has 0 aromatic heterocycles. The number of amides is 1. The Bertz CT molecular complexity index is 223.